The Labute approximate surface area is 164 Å². The molecule has 0 atom stereocenters. The molecule has 134 valence electrons. The molecule has 0 unspecified atom stereocenters. The van der Waals surface area contributed by atoms with Gasteiger partial charge in [-0.3, -0.25) is 19.2 Å². The minimum atomic E-state index is -0.538. The number of carbonyl (C=O) groups is 4. The Bertz CT molecular complexity index is 1230. The summed E-state index contributed by atoms with van der Waals surface area (Å²) in [6, 6.07) is 15.7. The first-order valence-corrected chi connectivity index (χ1v) is 8.87. The Kier molecular flexibility index (Phi) is 3.38. The maximum Gasteiger partial charge on any atom is 0.266 e. The van der Waals surface area contributed by atoms with Crippen LogP contribution in [0.5, 0.6) is 0 Å². The van der Waals surface area contributed by atoms with Gasteiger partial charge in [-0.2, -0.15) is 0 Å². The average Bonchev–Trinajstić information content (AvgIpc) is 2.97. The fourth-order valence-corrected chi connectivity index (χ4v) is 4.00. The Morgan fingerprint density at radius 2 is 1.04 bits per heavy atom. The van der Waals surface area contributed by atoms with Crippen LogP contribution < -0.4 is 4.90 Å². The molecule has 0 aromatic heterocycles. The van der Waals surface area contributed by atoms with Gasteiger partial charge in [0.2, 0.25) is 0 Å². The van der Waals surface area contributed by atoms with Crippen LogP contribution in [0.4, 0.5) is 5.69 Å². The summed E-state index contributed by atoms with van der Waals surface area (Å²) < 4.78 is 0. The van der Waals surface area contributed by atoms with Gasteiger partial charge < -0.3 is 0 Å². The van der Waals surface area contributed by atoms with Crippen LogP contribution in [-0.2, 0) is 0 Å². The van der Waals surface area contributed by atoms with E-state index in [-0.39, 0.29) is 44.1 Å². The molecule has 1 heterocycles. The standard InChI is InChI=1S/C22H10ClNO4/c23-15-9-10-16(24-21(27)13-7-3-4-8-14(13)22(24)28)18-17(15)19(25)11-5-1-2-6-12(11)20(18)26/h1-10H. The van der Waals surface area contributed by atoms with E-state index in [9.17, 15) is 19.2 Å². The van der Waals surface area contributed by atoms with Crippen molar-refractivity contribution in [3.05, 3.63) is 99.1 Å². The van der Waals surface area contributed by atoms with E-state index in [0.717, 1.165) is 4.90 Å². The van der Waals surface area contributed by atoms with E-state index in [0.29, 0.717) is 0 Å². The minimum absolute atomic E-state index is 0.0134. The van der Waals surface area contributed by atoms with E-state index in [1.807, 2.05) is 0 Å². The molecule has 0 saturated heterocycles. The normalized spacial score (nSPS) is 14.8. The molecule has 3 aromatic rings. The third-order valence-corrected chi connectivity index (χ3v) is 5.35. The van der Waals surface area contributed by atoms with Crippen LogP contribution in [0.25, 0.3) is 0 Å². The van der Waals surface area contributed by atoms with Crippen molar-refractivity contribution in [3.63, 3.8) is 0 Å². The number of ketones is 2. The lowest BCUT2D eigenvalue weighted by Crippen LogP contribution is -2.33. The number of hydrogen-bond donors (Lipinski definition) is 0. The highest BCUT2D eigenvalue weighted by molar-refractivity contribution is 6.42. The zero-order valence-corrected chi connectivity index (χ0v) is 15.0. The lowest BCUT2D eigenvalue weighted by molar-refractivity contribution is 0.0923. The number of imide groups is 1. The van der Waals surface area contributed by atoms with Crippen molar-refractivity contribution in [2.75, 3.05) is 4.90 Å². The quantitative estimate of drug-likeness (QED) is 0.464. The first kappa shape index (κ1) is 16.6. The second-order valence-corrected chi connectivity index (χ2v) is 6.92. The summed E-state index contributed by atoms with van der Waals surface area (Å²) in [5.41, 5.74) is 1.04. The Morgan fingerprint density at radius 1 is 0.571 bits per heavy atom. The molecule has 5 nitrogen and oxygen atoms in total. The zero-order chi connectivity index (χ0) is 19.6. The fourth-order valence-electron chi connectivity index (χ4n) is 3.76. The SMILES string of the molecule is O=C1c2ccccc2C(=O)c2c(N3C(=O)c4ccccc4C3=O)ccc(Cl)c21. The van der Waals surface area contributed by atoms with Crippen LogP contribution in [0.3, 0.4) is 0 Å². The van der Waals surface area contributed by atoms with Gasteiger partial charge >= 0.3 is 0 Å². The molecule has 6 heteroatoms. The van der Waals surface area contributed by atoms with Crippen molar-refractivity contribution in [1.82, 2.24) is 0 Å². The molecule has 0 bridgehead atoms. The number of hydrogen-bond acceptors (Lipinski definition) is 4. The lowest BCUT2D eigenvalue weighted by atomic mass is 9.83. The van der Waals surface area contributed by atoms with E-state index in [1.165, 1.54) is 12.1 Å². The van der Waals surface area contributed by atoms with Crippen LogP contribution >= 0.6 is 11.6 Å². The molecular weight excluding hydrogens is 378 g/mol. The molecule has 1 aliphatic heterocycles. The van der Waals surface area contributed by atoms with Crippen molar-refractivity contribution < 1.29 is 19.2 Å². The van der Waals surface area contributed by atoms with Crippen molar-refractivity contribution in [2.45, 2.75) is 0 Å². The maximum absolute atomic E-state index is 13.2. The smallest absolute Gasteiger partial charge is 0.266 e. The fraction of sp³-hybridized carbons (Fsp3) is 0. The highest BCUT2D eigenvalue weighted by Gasteiger charge is 2.41. The van der Waals surface area contributed by atoms with Gasteiger partial charge in [0.05, 0.1) is 33.0 Å². The van der Waals surface area contributed by atoms with Crippen molar-refractivity contribution >= 4 is 40.7 Å². The van der Waals surface area contributed by atoms with Crippen LogP contribution in [0.1, 0.15) is 52.6 Å². The first-order valence-electron chi connectivity index (χ1n) is 8.49. The monoisotopic (exact) mass is 387 g/mol. The van der Waals surface area contributed by atoms with Gasteiger partial charge in [0.25, 0.3) is 11.8 Å². The Hall–Kier alpha value is -3.57. The van der Waals surface area contributed by atoms with Crippen LogP contribution in [0, 0.1) is 0 Å². The van der Waals surface area contributed by atoms with Gasteiger partial charge in [-0.1, -0.05) is 48.0 Å². The molecule has 2 aliphatic rings. The number of nitrogens with zero attached hydrogens (tertiary/aromatic N) is 1. The van der Waals surface area contributed by atoms with Gasteiger partial charge in [-0.15, -0.1) is 0 Å². The van der Waals surface area contributed by atoms with Crippen molar-refractivity contribution in [1.29, 1.82) is 0 Å². The van der Waals surface area contributed by atoms with Crippen molar-refractivity contribution in [3.8, 4) is 0 Å². The van der Waals surface area contributed by atoms with E-state index in [1.54, 1.807) is 48.5 Å². The molecule has 5 rings (SSSR count). The molecule has 0 spiro atoms. The number of anilines is 1. The average molecular weight is 388 g/mol. The lowest BCUT2D eigenvalue weighted by Gasteiger charge is -2.24. The third-order valence-electron chi connectivity index (χ3n) is 5.04. The van der Waals surface area contributed by atoms with Gasteiger partial charge in [0.1, 0.15) is 0 Å². The topological polar surface area (TPSA) is 71.5 Å². The Morgan fingerprint density at radius 3 is 1.57 bits per heavy atom. The van der Waals surface area contributed by atoms with E-state index < -0.39 is 23.4 Å². The van der Waals surface area contributed by atoms with E-state index in [4.69, 9.17) is 11.6 Å². The maximum atomic E-state index is 13.2. The highest BCUT2D eigenvalue weighted by Crippen LogP contribution is 2.40. The third kappa shape index (κ3) is 2.02. The molecule has 0 radical (unpaired) electrons. The number of amides is 2. The van der Waals surface area contributed by atoms with Gasteiger partial charge in [-0.05, 0) is 24.3 Å². The predicted octanol–water partition coefficient (Wildman–Crippen LogP) is 3.92. The summed E-state index contributed by atoms with van der Waals surface area (Å²) in [4.78, 5) is 52.9. The molecule has 0 N–H and O–H groups in total. The molecule has 3 aromatic carbocycles. The van der Waals surface area contributed by atoms with Gasteiger partial charge in [-0.25, -0.2) is 4.90 Å². The number of benzene rings is 3. The molecule has 0 saturated carbocycles. The van der Waals surface area contributed by atoms with Crippen LogP contribution in [-0.4, -0.2) is 23.4 Å². The molecule has 0 fully saturated rings. The summed E-state index contributed by atoms with van der Waals surface area (Å²) in [6.45, 7) is 0. The predicted molar refractivity (Wildman–Crippen MR) is 102 cm³/mol. The number of fused-ring (bicyclic) bond motifs is 3. The van der Waals surface area contributed by atoms with E-state index in [2.05, 4.69) is 0 Å². The molecule has 2 amide bonds. The Balaban J connectivity index is 1.77. The second-order valence-electron chi connectivity index (χ2n) is 6.51. The summed E-state index contributed by atoms with van der Waals surface area (Å²) in [6.07, 6.45) is 0. The molecule has 1 aliphatic carbocycles. The molecule has 28 heavy (non-hydrogen) atoms. The first-order chi connectivity index (χ1) is 13.5. The van der Waals surface area contributed by atoms with Gasteiger partial charge in [0, 0.05) is 11.1 Å². The van der Waals surface area contributed by atoms with Crippen molar-refractivity contribution in [2.24, 2.45) is 0 Å². The largest absolute Gasteiger partial charge is 0.289 e. The van der Waals surface area contributed by atoms with E-state index >= 15 is 0 Å². The van der Waals surface area contributed by atoms with Crippen LogP contribution in [0.15, 0.2) is 60.7 Å². The number of rotatable bonds is 1. The van der Waals surface area contributed by atoms with Crippen LogP contribution in [0.2, 0.25) is 5.02 Å². The second kappa shape index (κ2) is 5.71. The van der Waals surface area contributed by atoms with Gasteiger partial charge in [0.15, 0.2) is 11.6 Å². The summed E-state index contributed by atoms with van der Waals surface area (Å²) in [5, 5.41) is 0.100. The summed E-state index contributed by atoms with van der Waals surface area (Å²) >= 11 is 6.25. The highest BCUT2D eigenvalue weighted by atomic mass is 35.5. The number of carbonyl (C=O) groups excluding carboxylic acids is 4. The minimum Gasteiger partial charge on any atom is -0.289 e. The summed E-state index contributed by atoms with van der Waals surface area (Å²) in [7, 11) is 0. The number of halogens is 1. The summed E-state index contributed by atoms with van der Waals surface area (Å²) in [5.74, 6) is -1.93. The zero-order valence-electron chi connectivity index (χ0n) is 14.2. The molecular formula is C22H10ClNO4.